The number of hydrogen-bond acceptors (Lipinski definition) is 6. The Bertz CT molecular complexity index is 1080. The second-order valence-electron chi connectivity index (χ2n) is 17.5. The number of fused-ring (bicyclic) bond motifs is 5. The van der Waals surface area contributed by atoms with Gasteiger partial charge in [0.1, 0.15) is 12.2 Å². The van der Waals surface area contributed by atoms with Gasteiger partial charge in [0.05, 0.1) is 54.4 Å². The molecule has 0 radical (unpaired) electrons. The number of rotatable bonds is 4. The van der Waals surface area contributed by atoms with Gasteiger partial charge < -0.3 is 63.4 Å². The highest BCUT2D eigenvalue weighted by atomic mass is 79.9. The molecule has 4 aliphatic carbocycles. The molecule has 0 aromatic rings. The van der Waals surface area contributed by atoms with E-state index in [9.17, 15) is 9.59 Å². The smallest absolute Gasteiger partial charge is 0.302 e. The van der Waals surface area contributed by atoms with Gasteiger partial charge in [0.2, 0.25) is 0 Å². The van der Waals surface area contributed by atoms with Gasteiger partial charge in [-0.05, 0) is 74.0 Å². The molecule has 10 nitrogen and oxygen atoms in total. The number of hydrogen-bond donors (Lipinski definition) is 0. The van der Waals surface area contributed by atoms with E-state index in [2.05, 4.69) is 51.8 Å². The molecule has 0 spiro atoms. The number of esters is 2. The summed E-state index contributed by atoms with van der Waals surface area (Å²) in [4.78, 5) is 30.2. The zero-order valence-electron chi connectivity index (χ0n) is 30.4. The van der Waals surface area contributed by atoms with Crippen molar-refractivity contribution in [3.63, 3.8) is 0 Å². The van der Waals surface area contributed by atoms with E-state index in [1.807, 2.05) is 0 Å². The molecule has 0 unspecified atom stereocenters. The maximum absolute atomic E-state index is 12.5. The zero-order chi connectivity index (χ0) is 30.9. The van der Waals surface area contributed by atoms with Gasteiger partial charge in [-0.3, -0.25) is 19.4 Å². The number of carbonyl (C=O) groups is 2. The van der Waals surface area contributed by atoms with Crippen LogP contribution in [0.5, 0.6) is 0 Å². The molecule has 10 atom stereocenters. The highest BCUT2D eigenvalue weighted by Crippen LogP contribution is 2.67. The first-order valence-electron chi connectivity index (χ1n) is 17.6. The largest absolute Gasteiger partial charge is 1.00 e. The fourth-order valence-electron chi connectivity index (χ4n) is 11.4. The average molecular weight is 799 g/mol. The lowest BCUT2D eigenvalue weighted by Crippen LogP contribution is -3.00. The predicted molar refractivity (Wildman–Crippen MR) is 175 cm³/mol. The molecule has 4 N–H and O–H groups in total. The minimum absolute atomic E-state index is 0. The minimum Gasteiger partial charge on any atom is -1.00 e. The number of nitrogens with zero attached hydrogens (tertiary/aromatic N) is 4. The van der Waals surface area contributed by atoms with Crippen molar-refractivity contribution in [2.45, 2.75) is 96.9 Å². The average Bonchev–Trinajstić information content (AvgIpc) is 3.20. The molecule has 0 amide bonds. The van der Waals surface area contributed by atoms with Gasteiger partial charge in [-0.15, -0.1) is 0 Å². The molecule has 276 valence electrons. The van der Waals surface area contributed by atoms with Crippen molar-refractivity contribution in [1.29, 1.82) is 0 Å². The van der Waals surface area contributed by atoms with Gasteiger partial charge >= 0.3 is 11.9 Å². The van der Waals surface area contributed by atoms with E-state index >= 15 is 0 Å². The van der Waals surface area contributed by atoms with Crippen LogP contribution >= 0.6 is 0 Å². The van der Waals surface area contributed by atoms with Crippen LogP contribution in [-0.4, -0.2) is 146 Å². The number of ether oxygens (including phenoxy) is 2. The normalized spacial score (nSPS) is 42.3. The molecule has 4 saturated carbocycles. The molecule has 2 heterocycles. The summed E-state index contributed by atoms with van der Waals surface area (Å²) >= 11 is 0. The topological polar surface area (TPSA) is 122 Å². The van der Waals surface area contributed by atoms with Crippen LogP contribution in [0.4, 0.5) is 0 Å². The summed E-state index contributed by atoms with van der Waals surface area (Å²) < 4.78 is 14.6. The highest BCUT2D eigenvalue weighted by molar-refractivity contribution is 5.66. The minimum atomic E-state index is -0.123. The third kappa shape index (κ3) is 8.10. The first-order valence-corrected chi connectivity index (χ1v) is 17.6. The molecule has 2 aliphatic heterocycles. The summed E-state index contributed by atoms with van der Waals surface area (Å²) in [6, 6.07) is 0.656. The van der Waals surface area contributed by atoms with Gasteiger partial charge in [-0.25, -0.2) is 0 Å². The number of piperazine rings is 2. The lowest BCUT2D eigenvalue weighted by molar-refractivity contribution is -0.894. The molecule has 6 rings (SSSR count). The van der Waals surface area contributed by atoms with Crippen molar-refractivity contribution in [2.24, 2.45) is 34.5 Å². The van der Waals surface area contributed by atoms with E-state index in [0.29, 0.717) is 35.8 Å². The van der Waals surface area contributed by atoms with Gasteiger partial charge in [-0.2, -0.15) is 0 Å². The van der Waals surface area contributed by atoms with E-state index in [4.69, 9.17) is 9.47 Å². The van der Waals surface area contributed by atoms with Crippen molar-refractivity contribution >= 4 is 11.9 Å². The van der Waals surface area contributed by atoms with Crippen LogP contribution in [0.25, 0.3) is 0 Å². The summed E-state index contributed by atoms with van der Waals surface area (Å²) in [6.07, 6.45) is 8.22. The van der Waals surface area contributed by atoms with E-state index in [1.54, 1.807) is 13.8 Å². The molecular weight excluding hydrogens is 732 g/mol. The van der Waals surface area contributed by atoms with Crippen LogP contribution < -0.4 is 34.0 Å². The van der Waals surface area contributed by atoms with Crippen molar-refractivity contribution < 1.29 is 72.9 Å². The van der Waals surface area contributed by atoms with Gasteiger partial charge in [-0.1, -0.05) is 13.8 Å². The first kappa shape index (κ1) is 42.8. The van der Waals surface area contributed by atoms with E-state index in [0.717, 1.165) is 80.6 Å². The Morgan fingerprint density at radius 3 is 1.70 bits per heavy atom. The first-order chi connectivity index (χ1) is 20.1. The molecule has 6 fully saturated rings. The van der Waals surface area contributed by atoms with Gasteiger partial charge in [0, 0.05) is 57.5 Å². The molecule has 2 saturated heterocycles. The van der Waals surface area contributed by atoms with E-state index in [1.165, 1.54) is 25.7 Å². The fourth-order valence-corrected chi connectivity index (χ4v) is 11.4. The second kappa shape index (κ2) is 15.5. The fraction of sp³-hybridized carbons (Fsp3) is 0.943. The molecule has 6 aliphatic rings. The Labute approximate surface area is 305 Å². The Kier molecular flexibility index (Phi) is 14.1. The SMILES string of the molecule is CC(=O)O[C@H]1C[C@@H]2CC[C@@H]3[C@H](CC[C@@]4(C)[C@H]3C[C@H](N3CC[N+](C)(C)CC3)[C@@H]4OC(C)=O)[C@@]2(C)C[C@@H]1N1CC[N+](C)(C)CC1.O.O.[Br-].[Br-]. The third-order valence-electron chi connectivity index (χ3n) is 14.1. The molecule has 47 heavy (non-hydrogen) atoms. The standard InChI is InChI=1S/C35H62N4O4.2BrH.2H2O/c1-24(40)42-32-21-26-9-10-27-28(35(26,4)23-31(32)37-15-19-39(7,8)20-16-37)11-12-34(3)29(27)22-30(33(34)43-25(2)41)36-13-17-38(5,6)18-14-36;;;;/h26-33H,9-23H2,1-8H3;2*1H;2*1H2/q+2;;;;/p-2/t26-,27+,28-,29-,30-,31-,32-,33-,34-,35-;;;;/m0..../s1. The zero-order valence-corrected chi connectivity index (χ0v) is 33.6. The quantitative estimate of drug-likeness (QED) is 0.211. The van der Waals surface area contributed by atoms with E-state index < -0.39 is 0 Å². The Morgan fingerprint density at radius 1 is 0.681 bits per heavy atom. The van der Waals surface area contributed by atoms with Crippen molar-refractivity contribution in [3.8, 4) is 0 Å². The number of carbonyl (C=O) groups excluding carboxylic acids is 2. The van der Waals surface area contributed by atoms with Gasteiger partial charge in [0.25, 0.3) is 0 Å². The van der Waals surface area contributed by atoms with Crippen LogP contribution in [0.2, 0.25) is 0 Å². The summed E-state index contributed by atoms with van der Waals surface area (Å²) in [7, 11) is 9.36. The molecule has 0 bridgehead atoms. The summed E-state index contributed by atoms with van der Waals surface area (Å²) in [5.74, 6) is 2.35. The monoisotopic (exact) mass is 796 g/mol. The van der Waals surface area contributed by atoms with Crippen LogP contribution in [0.1, 0.15) is 72.6 Å². The Hall–Kier alpha value is -0.340. The molecule has 0 aromatic carbocycles. The maximum atomic E-state index is 12.5. The lowest BCUT2D eigenvalue weighted by atomic mass is 9.44. The van der Waals surface area contributed by atoms with Crippen molar-refractivity contribution in [3.05, 3.63) is 0 Å². The lowest BCUT2D eigenvalue weighted by Gasteiger charge is -2.62. The highest BCUT2D eigenvalue weighted by Gasteiger charge is 2.65. The molecular formula is C35H66Br2N4O6. The molecule has 0 aromatic heterocycles. The van der Waals surface area contributed by atoms with Crippen molar-refractivity contribution in [1.82, 2.24) is 9.80 Å². The molecule has 12 heteroatoms. The third-order valence-corrected chi connectivity index (χ3v) is 14.1. The van der Waals surface area contributed by atoms with Crippen molar-refractivity contribution in [2.75, 3.05) is 80.5 Å². The van der Waals surface area contributed by atoms with E-state index in [-0.39, 0.29) is 79.9 Å². The van der Waals surface area contributed by atoms with Crippen LogP contribution in [0, 0.1) is 34.5 Å². The maximum Gasteiger partial charge on any atom is 0.302 e. The summed E-state index contributed by atoms with van der Waals surface area (Å²) in [6.45, 7) is 17.3. The van der Waals surface area contributed by atoms with Gasteiger partial charge in [0.15, 0.2) is 0 Å². The number of likely N-dealkylation sites (N-methyl/N-ethyl adjacent to an activating group) is 2. The number of halogens is 2. The van der Waals surface area contributed by atoms with Crippen LogP contribution in [0.3, 0.4) is 0 Å². The van der Waals surface area contributed by atoms with Crippen LogP contribution in [0.15, 0.2) is 0 Å². The Morgan fingerprint density at radius 2 is 1.19 bits per heavy atom. The number of quaternary nitrogens is 2. The predicted octanol–water partition coefficient (Wildman–Crippen LogP) is -4.01. The second-order valence-corrected chi connectivity index (χ2v) is 17.5. The summed E-state index contributed by atoms with van der Waals surface area (Å²) in [5, 5.41) is 0. The Balaban J connectivity index is 0.00000192. The summed E-state index contributed by atoms with van der Waals surface area (Å²) in [5.41, 5.74) is 0.308. The van der Waals surface area contributed by atoms with Crippen LogP contribution in [-0.2, 0) is 19.1 Å².